The predicted molar refractivity (Wildman–Crippen MR) is 108 cm³/mol. The quantitative estimate of drug-likeness (QED) is 0.708. The van der Waals surface area contributed by atoms with E-state index in [-0.39, 0.29) is 33.8 Å². The highest BCUT2D eigenvalue weighted by molar-refractivity contribution is 6.38. The molecule has 3 fully saturated rings. The van der Waals surface area contributed by atoms with Gasteiger partial charge in [-0.25, -0.2) is 9.18 Å². The number of carboxylic acid groups (broad SMARTS) is 1. The van der Waals surface area contributed by atoms with Gasteiger partial charge in [0.25, 0.3) is 0 Å². The molecule has 2 aromatic rings. The third kappa shape index (κ3) is 2.87. The second-order valence-corrected chi connectivity index (χ2v) is 8.61. The number of ether oxygens (including phenoxy) is 2. The minimum absolute atomic E-state index is 0.00363. The van der Waals surface area contributed by atoms with E-state index in [1.165, 1.54) is 6.20 Å². The largest absolute Gasteiger partial charge is 0.511 e. The van der Waals surface area contributed by atoms with Crippen LogP contribution in [0.1, 0.15) is 25.3 Å². The number of aromatic nitrogens is 1. The van der Waals surface area contributed by atoms with E-state index in [0.717, 1.165) is 25.3 Å². The van der Waals surface area contributed by atoms with E-state index in [9.17, 15) is 9.59 Å². The van der Waals surface area contributed by atoms with Crippen LogP contribution in [0, 0.1) is 11.7 Å². The van der Waals surface area contributed by atoms with Crippen molar-refractivity contribution in [3.63, 3.8) is 0 Å². The molecule has 10 heteroatoms. The van der Waals surface area contributed by atoms with Crippen molar-refractivity contribution in [2.75, 3.05) is 31.1 Å². The molecule has 8 nitrogen and oxygen atoms in total. The highest BCUT2D eigenvalue weighted by atomic mass is 35.5. The number of benzene rings is 1. The van der Waals surface area contributed by atoms with Crippen molar-refractivity contribution in [2.45, 2.75) is 30.9 Å². The third-order valence-corrected chi connectivity index (χ3v) is 6.81. The first kappa shape index (κ1) is 19.6. The van der Waals surface area contributed by atoms with Gasteiger partial charge in [-0.3, -0.25) is 4.79 Å². The second-order valence-electron chi connectivity index (χ2n) is 8.23. The maximum atomic E-state index is 15.3. The summed E-state index contributed by atoms with van der Waals surface area (Å²) >= 11 is 6.71. The van der Waals surface area contributed by atoms with E-state index in [0.29, 0.717) is 31.8 Å². The van der Waals surface area contributed by atoms with Crippen molar-refractivity contribution in [1.29, 1.82) is 0 Å². The number of hydrogen-bond donors (Lipinski definition) is 2. The highest BCUT2D eigenvalue weighted by Crippen LogP contribution is 2.46. The fourth-order valence-corrected chi connectivity index (χ4v) is 5.24. The molecule has 1 saturated carbocycles. The van der Waals surface area contributed by atoms with Crippen LogP contribution in [0.3, 0.4) is 0 Å². The third-order valence-electron chi connectivity index (χ3n) is 6.45. The molecule has 0 amide bonds. The Balaban J connectivity index is 1.68. The minimum atomic E-state index is -1.60. The van der Waals surface area contributed by atoms with Gasteiger partial charge >= 0.3 is 6.16 Å². The average molecular weight is 438 g/mol. The summed E-state index contributed by atoms with van der Waals surface area (Å²) in [6.07, 6.45) is 2.30. The Morgan fingerprint density at radius 2 is 2.20 bits per heavy atom. The van der Waals surface area contributed by atoms with Crippen molar-refractivity contribution < 1.29 is 23.8 Å². The van der Waals surface area contributed by atoms with E-state index in [1.807, 2.05) is 4.90 Å². The summed E-state index contributed by atoms with van der Waals surface area (Å²) in [5, 5.41) is 9.06. The number of carbonyl (C=O) groups is 1. The number of anilines is 1. The van der Waals surface area contributed by atoms with E-state index in [4.69, 9.17) is 27.2 Å². The molecule has 2 atom stereocenters. The van der Waals surface area contributed by atoms with Crippen molar-refractivity contribution in [2.24, 2.45) is 11.7 Å². The van der Waals surface area contributed by atoms with E-state index in [1.54, 1.807) is 4.57 Å². The first-order valence-electron chi connectivity index (χ1n) is 9.91. The molecular formula is C20H21ClFN3O5. The molecule has 0 spiro atoms. The Morgan fingerprint density at radius 3 is 2.83 bits per heavy atom. The molecule has 30 heavy (non-hydrogen) atoms. The number of hydrogen-bond acceptors (Lipinski definition) is 6. The molecule has 0 bridgehead atoms. The average Bonchev–Trinajstić information content (AvgIpc) is 3.36. The standard InChI is InChI=1S/C20H21ClFN3O5/c21-15-16-12(18(26)14(30-19(27)28)7-25(16)11-1-2-11)5-13(22)17(15)24-6-10-3-4-29-20(10,8-23)9-24/h5,7,10-11H,1-4,6,8-9,23H2,(H,27,28). The molecule has 2 unspecified atom stereocenters. The zero-order chi connectivity index (χ0) is 21.2. The lowest BCUT2D eigenvalue weighted by atomic mass is 9.91. The van der Waals surface area contributed by atoms with Gasteiger partial charge in [-0.15, -0.1) is 0 Å². The Kier molecular flexibility index (Phi) is 4.46. The zero-order valence-electron chi connectivity index (χ0n) is 16.1. The fourth-order valence-electron chi connectivity index (χ4n) is 4.84. The summed E-state index contributed by atoms with van der Waals surface area (Å²) < 4.78 is 27.5. The van der Waals surface area contributed by atoms with Gasteiger partial charge in [0.05, 0.1) is 27.8 Å². The van der Waals surface area contributed by atoms with E-state index in [2.05, 4.69) is 4.74 Å². The van der Waals surface area contributed by atoms with Crippen molar-refractivity contribution >= 4 is 34.3 Å². The molecule has 3 aliphatic rings. The fraction of sp³-hybridized carbons (Fsp3) is 0.500. The van der Waals surface area contributed by atoms with Crippen LogP contribution >= 0.6 is 11.6 Å². The lowest BCUT2D eigenvalue weighted by Gasteiger charge is -2.28. The molecule has 3 N–H and O–H groups in total. The van der Waals surface area contributed by atoms with E-state index >= 15 is 4.39 Å². The number of nitrogens with two attached hydrogens (primary N) is 1. The molecule has 160 valence electrons. The number of rotatable bonds is 4. The summed E-state index contributed by atoms with van der Waals surface area (Å²) in [5.74, 6) is -0.825. The molecule has 5 rings (SSSR count). The monoisotopic (exact) mass is 437 g/mol. The zero-order valence-corrected chi connectivity index (χ0v) is 16.8. The highest BCUT2D eigenvalue weighted by Gasteiger charge is 2.51. The van der Waals surface area contributed by atoms with Gasteiger partial charge in [0.1, 0.15) is 11.4 Å². The topological polar surface area (TPSA) is 107 Å². The lowest BCUT2D eigenvalue weighted by Crippen LogP contribution is -2.44. The SMILES string of the molecule is NCC12CN(c3c(F)cc4c(=O)c(OC(=O)O)cn(C5CC5)c4c3Cl)CC1CCO2. The molecule has 1 aliphatic carbocycles. The minimum Gasteiger partial charge on any atom is -0.449 e. The van der Waals surface area contributed by atoms with Crippen LogP contribution in [-0.2, 0) is 4.74 Å². The van der Waals surface area contributed by atoms with Crippen molar-refractivity contribution in [3.05, 3.63) is 33.3 Å². The maximum Gasteiger partial charge on any atom is 0.511 e. The van der Waals surface area contributed by atoms with Gasteiger partial charge in [0.2, 0.25) is 5.43 Å². The van der Waals surface area contributed by atoms with Gasteiger partial charge in [0.15, 0.2) is 5.75 Å². The molecule has 1 aromatic carbocycles. The smallest absolute Gasteiger partial charge is 0.449 e. The molecule has 2 aliphatic heterocycles. The molecular weight excluding hydrogens is 417 g/mol. The number of fused-ring (bicyclic) bond motifs is 2. The van der Waals surface area contributed by atoms with Gasteiger partial charge in [-0.05, 0) is 25.3 Å². The lowest BCUT2D eigenvalue weighted by molar-refractivity contribution is 0.0126. The van der Waals surface area contributed by atoms with Gasteiger partial charge in [-0.2, -0.15) is 0 Å². The Morgan fingerprint density at radius 1 is 1.43 bits per heavy atom. The van der Waals surface area contributed by atoms with Crippen LogP contribution in [-0.4, -0.2) is 47.7 Å². The number of pyridine rings is 1. The summed E-state index contributed by atoms with van der Waals surface area (Å²) in [4.78, 5) is 25.6. The maximum absolute atomic E-state index is 15.3. The Labute approximate surface area is 175 Å². The molecule has 1 aromatic heterocycles. The number of halogens is 2. The summed E-state index contributed by atoms with van der Waals surface area (Å²) in [7, 11) is 0. The first-order chi connectivity index (χ1) is 14.3. The Bertz CT molecular complexity index is 1120. The predicted octanol–water partition coefficient (Wildman–Crippen LogP) is 2.74. The van der Waals surface area contributed by atoms with E-state index < -0.39 is 23.0 Å². The summed E-state index contributed by atoms with van der Waals surface area (Å²) in [6.45, 7) is 1.96. The van der Waals surface area contributed by atoms with Crippen LogP contribution < -0.4 is 20.8 Å². The molecule has 3 heterocycles. The van der Waals surface area contributed by atoms with Gasteiger partial charge in [-0.1, -0.05) is 11.6 Å². The molecule has 2 saturated heterocycles. The molecule has 0 radical (unpaired) electrons. The van der Waals surface area contributed by atoms with Crippen LogP contribution in [0.2, 0.25) is 5.02 Å². The van der Waals surface area contributed by atoms with Gasteiger partial charge in [0, 0.05) is 38.2 Å². The van der Waals surface area contributed by atoms with Crippen LogP contribution in [0.4, 0.5) is 14.9 Å². The second kappa shape index (κ2) is 6.83. The number of nitrogens with zero attached hydrogens (tertiary/aromatic N) is 2. The van der Waals surface area contributed by atoms with Gasteiger partial charge < -0.3 is 29.8 Å². The van der Waals surface area contributed by atoms with Crippen LogP contribution in [0.15, 0.2) is 17.1 Å². The van der Waals surface area contributed by atoms with Crippen LogP contribution in [0.25, 0.3) is 10.9 Å². The first-order valence-corrected chi connectivity index (χ1v) is 10.3. The Hall–Kier alpha value is -2.36. The summed E-state index contributed by atoms with van der Waals surface area (Å²) in [6, 6.07) is 1.17. The summed E-state index contributed by atoms with van der Waals surface area (Å²) in [5.41, 5.74) is 5.36. The van der Waals surface area contributed by atoms with Crippen LogP contribution in [0.5, 0.6) is 5.75 Å². The van der Waals surface area contributed by atoms with Crippen molar-refractivity contribution in [3.8, 4) is 5.75 Å². The van der Waals surface area contributed by atoms with Crippen molar-refractivity contribution in [1.82, 2.24) is 4.57 Å². The normalized spacial score (nSPS) is 25.7.